The number of carboxylic acids is 1. The van der Waals surface area contributed by atoms with Crippen LogP contribution in [0.4, 0.5) is 4.39 Å². The number of aliphatic carboxylic acids is 1. The summed E-state index contributed by atoms with van der Waals surface area (Å²) in [5.41, 5.74) is 0.183. The second-order valence-corrected chi connectivity index (χ2v) is 5.42. The average molecular weight is 353 g/mol. The molecular weight excluding hydrogens is 339 g/mol. The predicted octanol–water partition coefficient (Wildman–Crippen LogP) is 4.23. The molecule has 2 rings (SSSR count). The maximum Gasteiger partial charge on any atom is 0.311 e. The van der Waals surface area contributed by atoms with E-state index in [0.717, 1.165) is 4.47 Å². The zero-order chi connectivity index (χ0) is 15.2. The highest BCUT2D eigenvalue weighted by molar-refractivity contribution is 9.10. The minimum atomic E-state index is -1.06. The molecule has 0 aromatic heterocycles. The van der Waals surface area contributed by atoms with E-state index >= 15 is 0 Å². The number of ether oxygens (including phenoxy) is 1. The monoisotopic (exact) mass is 352 g/mol. The lowest BCUT2D eigenvalue weighted by atomic mass is 9.96. The quantitative estimate of drug-likeness (QED) is 0.846. The molecule has 0 aliphatic rings. The zero-order valence-corrected chi connectivity index (χ0v) is 12.7. The van der Waals surface area contributed by atoms with Gasteiger partial charge in [-0.3, -0.25) is 4.79 Å². The fourth-order valence-corrected chi connectivity index (χ4v) is 2.40. The second-order valence-electron chi connectivity index (χ2n) is 4.51. The molecule has 0 amide bonds. The van der Waals surface area contributed by atoms with E-state index in [1.807, 2.05) is 12.1 Å². The first kappa shape index (κ1) is 15.5. The number of hydrogen-bond donors (Lipinski definition) is 1. The molecule has 5 heteroatoms. The highest BCUT2D eigenvalue weighted by atomic mass is 79.9. The summed E-state index contributed by atoms with van der Waals surface area (Å²) in [6.45, 7) is 0.196. The summed E-state index contributed by atoms with van der Waals surface area (Å²) in [5.74, 6) is -1.84. The molecule has 0 spiro atoms. The zero-order valence-electron chi connectivity index (χ0n) is 11.1. The van der Waals surface area contributed by atoms with Crippen LogP contribution in [0.2, 0.25) is 0 Å². The summed E-state index contributed by atoms with van der Waals surface area (Å²) in [4.78, 5) is 11.3. The van der Waals surface area contributed by atoms with Crippen molar-refractivity contribution in [1.82, 2.24) is 0 Å². The van der Waals surface area contributed by atoms with Crippen molar-refractivity contribution in [2.75, 3.05) is 6.61 Å². The third kappa shape index (κ3) is 4.29. The number of rotatable bonds is 6. The van der Waals surface area contributed by atoms with Crippen LogP contribution in [0, 0.1) is 5.82 Å². The molecule has 2 aromatic carbocycles. The Balaban J connectivity index is 2.02. The van der Waals surface area contributed by atoms with Crippen LogP contribution in [0.1, 0.15) is 17.9 Å². The van der Waals surface area contributed by atoms with E-state index in [2.05, 4.69) is 15.9 Å². The molecule has 1 N–H and O–H groups in total. The average Bonchev–Trinajstić information content (AvgIpc) is 2.44. The number of carboxylic acid groups (broad SMARTS) is 1. The van der Waals surface area contributed by atoms with Crippen molar-refractivity contribution in [1.29, 1.82) is 0 Å². The Morgan fingerprint density at radius 3 is 2.67 bits per heavy atom. The smallest absolute Gasteiger partial charge is 0.311 e. The van der Waals surface area contributed by atoms with Gasteiger partial charge in [0.25, 0.3) is 0 Å². The van der Waals surface area contributed by atoms with Crippen LogP contribution in [0.15, 0.2) is 53.0 Å². The van der Waals surface area contributed by atoms with Crippen molar-refractivity contribution >= 4 is 21.9 Å². The Hall–Kier alpha value is -1.88. The predicted molar refractivity (Wildman–Crippen MR) is 81.0 cm³/mol. The van der Waals surface area contributed by atoms with Crippen molar-refractivity contribution in [3.05, 3.63) is 64.4 Å². The van der Waals surface area contributed by atoms with E-state index in [9.17, 15) is 14.3 Å². The second kappa shape index (κ2) is 7.22. The largest absolute Gasteiger partial charge is 0.494 e. The fraction of sp³-hybridized carbons (Fsp3) is 0.188. The molecule has 3 nitrogen and oxygen atoms in total. The summed E-state index contributed by atoms with van der Waals surface area (Å²) >= 11 is 3.33. The van der Waals surface area contributed by atoms with Crippen LogP contribution >= 0.6 is 15.9 Å². The van der Waals surface area contributed by atoms with Gasteiger partial charge in [0.05, 0.1) is 12.5 Å². The molecular formula is C16H14BrFO3. The minimum absolute atomic E-state index is 0.183. The lowest BCUT2D eigenvalue weighted by Crippen LogP contribution is -2.16. The molecule has 2 aromatic rings. The van der Waals surface area contributed by atoms with E-state index in [1.54, 1.807) is 18.2 Å². The van der Waals surface area contributed by atoms with Gasteiger partial charge < -0.3 is 9.84 Å². The Morgan fingerprint density at radius 1 is 1.24 bits per heavy atom. The number of halogens is 2. The van der Waals surface area contributed by atoms with Gasteiger partial charge in [0.1, 0.15) is 11.6 Å². The van der Waals surface area contributed by atoms with Crippen molar-refractivity contribution in [2.45, 2.75) is 12.3 Å². The van der Waals surface area contributed by atoms with Gasteiger partial charge in [0.2, 0.25) is 0 Å². The maximum absolute atomic E-state index is 13.7. The summed E-state index contributed by atoms with van der Waals surface area (Å²) in [7, 11) is 0. The van der Waals surface area contributed by atoms with Crippen LogP contribution in [-0.4, -0.2) is 17.7 Å². The molecule has 1 atom stereocenters. The molecule has 0 bridgehead atoms. The number of hydrogen-bond acceptors (Lipinski definition) is 2. The third-order valence-corrected chi connectivity index (χ3v) is 3.54. The van der Waals surface area contributed by atoms with Crippen LogP contribution in [-0.2, 0) is 4.79 Å². The Labute approximate surface area is 130 Å². The van der Waals surface area contributed by atoms with Crippen LogP contribution in [0.3, 0.4) is 0 Å². The molecule has 21 heavy (non-hydrogen) atoms. The lowest BCUT2D eigenvalue weighted by Gasteiger charge is -2.14. The van der Waals surface area contributed by atoms with Gasteiger partial charge in [-0.05, 0) is 30.7 Å². The SMILES string of the molecule is O=C(O)C(CCOc1cccc(Br)c1)c1ccccc1F. The molecule has 1 unspecified atom stereocenters. The van der Waals surface area contributed by atoms with Crippen molar-refractivity contribution in [3.63, 3.8) is 0 Å². The van der Waals surface area contributed by atoms with E-state index in [-0.39, 0.29) is 18.6 Å². The van der Waals surface area contributed by atoms with Gasteiger partial charge in [0, 0.05) is 10.0 Å². The molecule has 0 fully saturated rings. The summed E-state index contributed by atoms with van der Waals surface area (Å²) in [6.07, 6.45) is 0.197. The summed E-state index contributed by atoms with van der Waals surface area (Å²) in [5, 5.41) is 9.26. The van der Waals surface area contributed by atoms with Gasteiger partial charge in [-0.1, -0.05) is 40.2 Å². The first-order valence-electron chi connectivity index (χ1n) is 6.43. The molecule has 0 aliphatic heterocycles. The van der Waals surface area contributed by atoms with Crippen LogP contribution in [0.25, 0.3) is 0 Å². The third-order valence-electron chi connectivity index (χ3n) is 3.05. The van der Waals surface area contributed by atoms with Crippen molar-refractivity contribution < 1.29 is 19.0 Å². The topological polar surface area (TPSA) is 46.5 Å². The number of benzene rings is 2. The minimum Gasteiger partial charge on any atom is -0.494 e. The van der Waals surface area contributed by atoms with Crippen LogP contribution in [0.5, 0.6) is 5.75 Å². The highest BCUT2D eigenvalue weighted by Gasteiger charge is 2.22. The molecule has 0 saturated heterocycles. The Morgan fingerprint density at radius 2 is 2.00 bits per heavy atom. The number of carbonyl (C=O) groups is 1. The van der Waals surface area contributed by atoms with Crippen LogP contribution < -0.4 is 4.74 Å². The van der Waals surface area contributed by atoms with E-state index in [0.29, 0.717) is 5.75 Å². The van der Waals surface area contributed by atoms with Gasteiger partial charge in [-0.15, -0.1) is 0 Å². The Kier molecular flexibility index (Phi) is 5.33. The molecule has 0 heterocycles. The van der Waals surface area contributed by atoms with Gasteiger partial charge in [-0.25, -0.2) is 4.39 Å². The molecule has 0 radical (unpaired) electrons. The highest BCUT2D eigenvalue weighted by Crippen LogP contribution is 2.24. The Bertz CT molecular complexity index is 630. The van der Waals surface area contributed by atoms with Crippen molar-refractivity contribution in [3.8, 4) is 5.75 Å². The van der Waals surface area contributed by atoms with Crippen molar-refractivity contribution in [2.24, 2.45) is 0 Å². The standard InChI is InChI=1S/C16H14BrFO3/c17-11-4-3-5-12(10-11)21-9-8-14(16(19)20)13-6-1-2-7-15(13)18/h1-7,10,14H,8-9H2,(H,19,20). The first-order chi connectivity index (χ1) is 10.1. The van der Waals surface area contributed by atoms with E-state index in [1.165, 1.54) is 18.2 Å². The summed E-state index contributed by atoms with van der Waals surface area (Å²) < 4.78 is 20.1. The molecule has 0 saturated carbocycles. The fourth-order valence-electron chi connectivity index (χ4n) is 2.02. The molecule has 110 valence electrons. The maximum atomic E-state index is 13.7. The van der Waals surface area contributed by atoms with Gasteiger partial charge in [0.15, 0.2) is 0 Å². The van der Waals surface area contributed by atoms with E-state index in [4.69, 9.17) is 4.74 Å². The van der Waals surface area contributed by atoms with Gasteiger partial charge >= 0.3 is 5.97 Å². The lowest BCUT2D eigenvalue weighted by molar-refractivity contribution is -0.139. The molecule has 0 aliphatic carbocycles. The van der Waals surface area contributed by atoms with Gasteiger partial charge in [-0.2, -0.15) is 0 Å². The van der Waals surface area contributed by atoms with E-state index < -0.39 is 17.7 Å². The normalized spacial score (nSPS) is 11.9. The first-order valence-corrected chi connectivity index (χ1v) is 7.23. The summed E-state index contributed by atoms with van der Waals surface area (Å²) in [6, 6.07) is 13.2.